The predicted molar refractivity (Wildman–Crippen MR) is 77.6 cm³/mol. The summed E-state index contributed by atoms with van der Waals surface area (Å²) in [4.78, 5) is 12.2. The SMILES string of the molecule is CCOc1nc(NN)nc(NCCOCCC(C)C)n1. The highest BCUT2D eigenvalue weighted by atomic mass is 16.5. The molecular formula is C12H24N6O2. The third kappa shape index (κ3) is 6.48. The Hall–Kier alpha value is -1.67. The van der Waals surface area contributed by atoms with E-state index in [9.17, 15) is 0 Å². The molecule has 1 rings (SSSR count). The summed E-state index contributed by atoms with van der Waals surface area (Å²) in [6.07, 6.45) is 1.06. The van der Waals surface area contributed by atoms with Crippen molar-refractivity contribution in [2.45, 2.75) is 27.2 Å². The van der Waals surface area contributed by atoms with Crippen LogP contribution in [0.4, 0.5) is 11.9 Å². The van der Waals surface area contributed by atoms with Gasteiger partial charge in [-0.3, -0.25) is 5.43 Å². The Morgan fingerprint density at radius 2 is 1.90 bits per heavy atom. The maximum Gasteiger partial charge on any atom is 0.323 e. The van der Waals surface area contributed by atoms with Crippen LogP contribution in [0.25, 0.3) is 0 Å². The van der Waals surface area contributed by atoms with Gasteiger partial charge in [-0.25, -0.2) is 5.84 Å². The van der Waals surface area contributed by atoms with E-state index in [4.69, 9.17) is 15.3 Å². The van der Waals surface area contributed by atoms with Gasteiger partial charge in [-0.05, 0) is 19.3 Å². The number of rotatable bonds is 10. The minimum atomic E-state index is 0.235. The molecule has 0 aliphatic heterocycles. The lowest BCUT2D eigenvalue weighted by Crippen LogP contribution is -2.16. The highest BCUT2D eigenvalue weighted by Gasteiger charge is 2.05. The summed E-state index contributed by atoms with van der Waals surface area (Å²) in [7, 11) is 0. The molecule has 0 amide bonds. The van der Waals surface area contributed by atoms with Crippen LogP contribution in [0, 0.1) is 5.92 Å². The molecule has 1 aromatic rings. The monoisotopic (exact) mass is 284 g/mol. The highest BCUT2D eigenvalue weighted by Crippen LogP contribution is 2.10. The lowest BCUT2D eigenvalue weighted by atomic mass is 10.1. The molecule has 0 radical (unpaired) electrons. The summed E-state index contributed by atoms with van der Waals surface area (Å²) in [5.41, 5.74) is 2.38. The first-order valence-corrected chi connectivity index (χ1v) is 6.82. The van der Waals surface area contributed by atoms with Crippen LogP contribution in [0.3, 0.4) is 0 Å². The van der Waals surface area contributed by atoms with Gasteiger partial charge in [0, 0.05) is 13.2 Å². The van der Waals surface area contributed by atoms with Gasteiger partial charge in [0.25, 0.3) is 0 Å². The molecule has 0 aliphatic carbocycles. The van der Waals surface area contributed by atoms with Gasteiger partial charge < -0.3 is 14.8 Å². The first kappa shape index (κ1) is 16.4. The van der Waals surface area contributed by atoms with Crippen molar-refractivity contribution in [3.63, 3.8) is 0 Å². The number of nitrogens with two attached hydrogens (primary N) is 1. The Kier molecular flexibility index (Phi) is 7.59. The molecule has 1 heterocycles. The van der Waals surface area contributed by atoms with Gasteiger partial charge in [-0.2, -0.15) is 15.0 Å². The zero-order chi connectivity index (χ0) is 14.8. The molecule has 0 fully saturated rings. The summed E-state index contributed by atoms with van der Waals surface area (Å²) in [6, 6.07) is 0.235. The Labute approximate surface area is 119 Å². The topological polar surface area (TPSA) is 107 Å². The number of aromatic nitrogens is 3. The molecule has 20 heavy (non-hydrogen) atoms. The van der Waals surface area contributed by atoms with Crippen LogP contribution in [0.1, 0.15) is 27.2 Å². The van der Waals surface area contributed by atoms with Crippen molar-refractivity contribution < 1.29 is 9.47 Å². The summed E-state index contributed by atoms with van der Waals surface area (Å²) in [5, 5.41) is 3.04. The maximum absolute atomic E-state index is 5.50. The summed E-state index contributed by atoms with van der Waals surface area (Å²) >= 11 is 0. The maximum atomic E-state index is 5.50. The number of nitrogens with zero attached hydrogens (tertiary/aromatic N) is 3. The highest BCUT2D eigenvalue weighted by molar-refractivity contribution is 5.34. The first-order chi connectivity index (χ1) is 9.65. The second-order valence-corrected chi connectivity index (χ2v) is 4.56. The van der Waals surface area contributed by atoms with Crippen LogP contribution in [0.5, 0.6) is 6.01 Å². The quantitative estimate of drug-likeness (QED) is 0.332. The molecule has 0 aliphatic rings. The standard InChI is InChI=1S/C12H24N6O2/c1-4-20-12-16-10(15-11(17-12)18-13)14-6-8-19-7-5-9(2)3/h9H,4-8,13H2,1-3H3,(H2,14,15,16,17,18). The molecule has 4 N–H and O–H groups in total. The minimum Gasteiger partial charge on any atom is -0.464 e. The minimum absolute atomic E-state index is 0.235. The van der Waals surface area contributed by atoms with Crippen molar-refractivity contribution in [2.75, 3.05) is 37.1 Å². The number of ether oxygens (including phenoxy) is 2. The van der Waals surface area contributed by atoms with Gasteiger partial charge in [-0.15, -0.1) is 0 Å². The zero-order valence-electron chi connectivity index (χ0n) is 12.3. The van der Waals surface area contributed by atoms with E-state index in [1.54, 1.807) is 0 Å². The Bertz CT molecular complexity index is 388. The first-order valence-electron chi connectivity index (χ1n) is 6.82. The zero-order valence-corrected chi connectivity index (χ0v) is 12.3. The van der Waals surface area contributed by atoms with Gasteiger partial charge in [0.05, 0.1) is 13.2 Å². The molecule has 114 valence electrons. The molecule has 0 unspecified atom stereocenters. The van der Waals surface area contributed by atoms with E-state index in [1.807, 2.05) is 6.92 Å². The average Bonchev–Trinajstić information content (AvgIpc) is 2.42. The van der Waals surface area contributed by atoms with Crippen LogP contribution >= 0.6 is 0 Å². The van der Waals surface area contributed by atoms with Crippen molar-refractivity contribution in [1.82, 2.24) is 15.0 Å². The van der Waals surface area contributed by atoms with E-state index in [1.165, 1.54) is 0 Å². The molecule has 0 bridgehead atoms. The summed E-state index contributed by atoms with van der Waals surface area (Å²) in [6.45, 7) is 8.63. The summed E-state index contributed by atoms with van der Waals surface area (Å²) in [5.74, 6) is 6.61. The van der Waals surface area contributed by atoms with Gasteiger partial charge in [0.1, 0.15) is 0 Å². The number of hydrogen-bond donors (Lipinski definition) is 3. The van der Waals surface area contributed by atoms with Crippen LogP contribution < -0.4 is 21.3 Å². The number of hydrogen-bond acceptors (Lipinski definition) is 8. The van der Waals surface area contributed by atoms with Gasteiger partial charge in [0.15, 0.2) is 0 Å². The lowest BCUT2D eigenvalue weighted by molar-refractivity contribution is 0.132. The number of hydrazine groups is 1. The van der Waals surface area contributed by atoms with Crippen molar-refractivity contribution in [1.29, 1.82) is 0 Å². The van der Waals surface area contributed by atoms with Crippen LogP contribution in [0.2, 0.25) is 0 Å². The Morgan fingerprint density at radius 3 is 2.55 bits per heavy atom. The van der Waals surface area contributed by atoms with E-state index >= 15 is 0 Å². The van der Waals surface area contributed by atoms with Crippen LogP contribution in [-0.4, -0.2) is 41.3 Å². The average molecular weight is 284 g/mol. The summed E-state index contributed by atoms with van der Waals surface area (Å²) < 4.78 is 10.7. The normalized spacial score (nSPS) is 10.7. The van der Waals surface area contributed by atoms with E-state index in [0.717, 1.165) is 13.0 Å². The second kappa shape index (κ2) is 9.27. The van der Waals surface area contributed by atoms with Crippen molar-refractivity contribution >= 4 is 11.9 Å². The second-order valence-electron chi connectivity index (χ2n) is 4.56. The van der Waals surface area contributed by atoms with E-state index < -0.39 is 0 Å². The van der Waals surface area contributed by atoms with Crippen molar-refractivity contribution in [2.24, 2.45) is 11.8 Å². The Morgan fingerprint density at radius 1 is 1.15 bits per heavy atom. The number of anilines is 2. The Balaban J connectivity index is 2.36. The molecule has 0 spiro atoms. The fraction of sp³-hybridized carbons (Fsp3) is 0.750. The molecule has 0 saturated carbocycles. The van der Waals surface area contributed by atoms with Crippen molar-refractivity contribution in [3.05, 3.63) is 0 Å². The third-order valence-corrected chi connectivity index (χ3v) is 2.39. The fourth-order valence-corrected chi connectivity index (χ4v) is 1.35. The molecule has 8 heteroatoms. The van der Waals surface area contributed by atoms with E-state index in [0.29, 0.717) is 31.6 Å². The number of nitrogen functional groups attached to an aromatic ring is 1. The fourth-order valence-electron chi connectivity index (χ4n) is 1.35. The van der Waals surface area contributed by atoms with E-state index in [2.05, 4.69) is 39.5 Å². The van der Waals surface area contributed by atoms with Crippen LogP contribution in [-0.2, 0) is 4.74 Å². The lowest BCUT2D eigenvalue weighted by Gasteiger charge is -2.09. The molecule has 8 nitrogen and oxygen atoms in total. The molecule has 0 atom stereocenters. The van der Waals surface area contributed by atoms with E-state index in [-0.39, 0.29) is 12.0 Å². The molecule has 0 aromatic carbocycles. The number of nitrogens with one attached hydrogen (secondary N) is 2. The van der Waals surface area contributed by atoms with Crippen molar-refractivity contribution in [3.8, 4) is 6.01 Å². The largest absolute Gasteiger partial charge is 0.464 e. The smallest absolute Gasteiger partial charge is 0.323 e. The predicted octanol–water partition coefficient (Wildman–Crippen LogP) is 1.03. The van der Waals surface area contributed by atoms with Gasteiger partial charge >= 0.3 is 6.01 Å². The van der Waals surface area contributed by atoms with Gasteiger partial charge in [0.2, 0.25) is 11.9 Å². The van der Waals surface area contributed by atoms with Gasteiger partial charge in [-0.1, -0.05) is 13.8 Å². The molecule has 1 aromatic heterocycles. The molecular weight excluding hydrogens is 260 g/mol. The third-order valence-electron chi connectivity index (χ3n) is 2.39. The molecule has 0 saturated heterocycles. The van der Waals surface area contributed by atoms with Crippen LogP contribution in [0.15, 0.2) is 0 Å².